The van der Waals surface area contributed by atoms with Gasteiger partial charge in [-0.05, 0) is 68.0 Å². The van der Waals surface area contributed by atoms with Gasteiger partial charge < -0.3 is 10.2 Å². The van der Waals surface area contributed by atoms with Crippen LogP contribution in [0.5, 0.6) is 0 Å². The van der Waals surface area contributed by atoms with Gasteiger partial charge in [0.15, 0.2) is 5.82 Å². The minimum atomic E-state index is -0.251. The van der Waals surface area contributed by atoms with Gasteiger partial charge in [-0.15, -0.1) is 0 Å². The molecule has 0 aliphatic carbocycles. The highest BCUT2D eigenvalue weighted by atomic mass is 19.1. The zero-order valence-corrected chi connectivity index (χ0v) is 15.9. The molecule has 0 atom stereocenters. The predicted molar refractivity (Wildman–Crippen MR) is 108 cm³/mol. The lowest BCUT2D eigenvalue weighted by atomic mass is 10.0. The SMILES string of the molecule is CCN(CC)CCCNc1n[nH]c(-c2ccc(F)cc2)c1-c1ccncc1. The van der Waals surface area contributed by atoms with E-state index < -0.39 is 0 Å². The third-order valence-electron chi connectivity index (χ3n) is 4.71. The number of halogens is 1. The first kappa shape index (κ1) is 19.0. The lowest BCUT2D eigenvalue weighted by Gasteiger charge is -2.17. The Hall–Kier alpha value is -2.73. The summed E-state index contributed by atoms with van der Waals surface area (Å²) >= 11 is 0. The van der Waals surface area contributed by atoms with Crippen LogP contribution in [0.4, 0.5) is 10.2 Å². The number of anilines is 1. The molecule has 0 amide bonds. The molecular formula is C21H26FN5. The van der Waals surface area contributed by atoms with Gasteiger partial charge in [-0.2, -0.15) is 5.10 Å². The smallest absolute Gasteiger partial charge is 0.156 e. The Labute approximate surface area is 159 Å². The molecule has 6 heteroatoms. The Balaban J connectivity index is 1.83. The van der Waals surface area contributed by atoms with Crippen molar-refractivity contribution in [3.8, 4) is 22.4 Å². The van der Waals surface area contributed by atoms with E-state index in [1.54, 1.807) is 24.5 Å². The van der Waals surface area contributed by atoms with E-state index in [-0.39, 0.29) is 5.82 Å². The summed E-state index contributed by atoms with van der Waals surface area (Å²) in [5.41, 5.74) is 3.76. The average Bonchev–Trinajstić information content (AvgIpc) is 3.13. The van der Waals surface area contributed by atoms with Crippen molar-refractivity contribution in [2.75, 3.05) is 31.5 Å². The molecule has 0 bridgehead atoms. The molecule has 0 aliphatic rings. The van der Waals surface area contributed by atoms with Gasteiger partial charge in [0.1, 0.15) is 5.82 Å². The first-order chi connectivity index (χ1) is 13.2. The van der Waals surface area contributed by atoms with E-state index >= 15 is 0 Å². The number of pyridine rings is 1. The van der Waals surface area contributed by atoms with Crippen molar-refractivity contribution in [3.63, 3.8) is 0 Å². The highest BCUT2D eigenvalue weighted by Crippen LogP contribution is 2.35. The number of hydrogen-bond donors (Lipinski definition) is 2. The molecule has 0 aliphatic heterocycles. The Kier molecular flexibility index (Phi) is 6.54. The zero-order valence-electron chi connectivity index (χ0n) is 15.9. The number of nitrogens with one attached hydrogen (secondary N) is 2. The summed E-state index contributed by atoms with van der Waals surface area (Å²) in [5.74, 6) is 0.554. The molecule has 0 spiro atoms. The number of benzene rings is 1. The Bertz CT molecular complexity index is 826. The van der Waals surface area contributed by atoms with Crippen LogP contribution < -0.4 is 5.32 Å². The summed E-state index contributed by atoms with van der Waals surface area (Å²) in [5, 5.41) is 11.1. The van der Waals surface area contributed by atoms with Gasteiger partial charge in [-0.3, -0.25) is 10.1 Å². The summed E-state index contributed by atoms with van der Waals surface area (Å²) in [4.78, 5) is 6.51. The molecule has 0 radical (unpaired) electrons. The molecule has 3 rings (SSSR count). The van der Waals surface area contributed by atoms with Gasteiger partial charge in [-0.25, -0.2) is 4.39 Å². The number of aromatic amines is 1. The molecule has 0 unspecified atom stereocenters. The van der Waals surface area contributed by atoms with Crippen molar-refractivity contribution in [1.29, 1.82) is 0 Å². The molecule has 3 aromatic rings. The molecule has 2 heterocycles. The molecule has 0 fully saturated rings. The molecule has 27 heavy (non-hydrogen) atoms. The van der Waals surface area contributed by atoms with Gasteiger partial charge in [0.25, 0.3) is 0 Å². The van der Waals surface area contributed by atoms with Crippen molar-refractivity contribution in [2.45, 2.75) is 20.3 Å². The zero-order chi connectivity index (χ0) is 19.1. The van der Waals surface area contributed by atoms with E-state index in [1.807, 2.05) is 12.1 Å². The van der Waals surface area contributed by atoms with Gasteiger partial charge in [0, 0.05) is 24.5 Å². The summed E-state index contributed by atoms with van der Waals surface area (Å²) in [6.45, 7) is 8.39. The summed E-state index contributed by atoms with van der Waals surface area (Å²) < 4.78 is 13.3. The Morgan fingerprint density at radius 3 is 2.37 bits per heavy atom. The van der Waals surface area contributed by atoms with Gasteiger partial charge >= 0.3 is 0 Å². The van der Waals surface area contributed by atoms with Crippen LogP contribution in [0.3, 0.4) is 0 Å². The van der Waals surface area contributed by atoms with E-state index in [9.17, 15) is 4.39 Å². The van der Waals surface area contributed by atoms with Crippen LogP contribution >= 0.6 is 0 Å². The highest BCUT2D eigenvalue weighted by molar-refractivity contribution is 5.88. The standard InChI is InChI=1S/C21H26FN5/c1-3-27(4-2)15-5-12-24-21-19(16-10-13-23-14-11-16)20(25-26-21)17-6-8-18(22)9-7-17/h6-11,13-14H,3-5,12,15H2,1-2H3,(H2,24,25,26). The third-order valence-corrected chi connectivity index (χ3v) is 4.71. The quantitative estimate of drug-likeness (QED) is 0.550. The van der Waals surface area contributed by atoms with Gasteiger partial charge in [-0.1, -0.05) is 13.8 Å². The Morgan fingerprint density at radius 2 is 1.70 bits per heavy atom. The van der Waals surface area contributed by atoms with E-state index in [4.69, 9.17) is 0 Å². The molecule has 142 valence electrons. The van der Waals surface area contributed by atoms with Crippen LogP contribution in [0.2, 0.25) is 0 Å². The van der Waals surface area contributed by atoms with Gasteiger partial charge in [0.2, 0.25) is 0 Å². The van der Waals surface area contributed by atoms with Crippen LogP contribution in [-0.2, 0) is 0 Å². The topological polar surface area (TPSA) is 56.8 Å². The molecule has 1 aromatic carbocycles. The van der Waals surface area contributed by atoms with Crippen molar-refractivity contribution in [1.82, 2.24) is 20.1 Å². The van der Waals surface area contributed by atoms with Gasteiger partial charge in [0.05, 0.1) is 11.3 Å². The summed E-state index contributed by atoms with van der Waals surface area (Å²) in [6, 6.07) is 10.4. The van der Waals surface area contributed by atoms with Crippen molar-refractivity contribution in [3.05, 3.63) is 54.6 Å². The number of nitrogens with zero attached hydrogens (tertiary/aromatic N) is 3. The Morgan fingerprint density at radius 1 is 1.00 bits per heavy atom. The molecule has 0 saturated heterocycles. The van der Waals surface area contributed by atoms with E-state index in [2.05, 4.69) is 39.2 Å². The molecule has 0 saturated carbocycles. The number of H-pyrrole nitrogens is 1. The highest BCUT2D eigenvalue weighted by Gasteiger charge is 2.16. The number of hydrogen-bond acceptors (Lipinski definition) is 4. The fourth-order valence-corrected chi connectivity index (χ4v) is 3.14. The molecule has 2 aromatic heterocycles. The van der Waals surface area contributed by atoms with Crippen LogP contribution in [0.25, 0.3) is 22.4 Å². The number of rotatable bonds is 9. The average molecular weight is 367 g/mol. The third kappa shape index (κ3) is 4.71. The first-order valence-corrected chi connectivity index (χ1v) is 9.43. The maximum atomic E-state index is 13.3. The van der Waals surface area contributed by atoms with Crippen LogP contribution in [0.15, 0.2) is 48.8 Å². The maximum Gasteiger partial charge on any atom is 0.156 e. The molecule has 5 nitrogen and oxygen atoms in total. The summed E-state index contributed by atoms with van der Waals surface area (Å²) in [6.07, 6.45) is 4.57. The minimum absolute atomic E-state index is 0.251. The maximum absolute atomic E-state index is 13.3. The molecule has 2 N–H and O–H groups in total. The van der Waals surface area contributed by atoms with Crippen molar-refractivity contribution in [2.24, 2.45) is 0 Å². The second kappa shape index (κ2) is 9.28. The largest absolute Gasteiger partial charge is 0.368 e. The summed E-state index contributed by atoms with van der Waals surface area (Å²) in [7, 11) is 0. The monoisotopic (exact) mass is 367 g/mol. The predicted octanol–water partition coefficient (Wildman–Crippen LogP) is 4.42. The fraction of sp³-hybridized carbons (Fsp3) is 0.333. The second-order valence-corrected chi connectivity index (χ2v) is 6.37. The van der Waals surface area contributed by atoms with Crippen LogP contribution in [0.1, 0.15) is 20.3 Å². The van der Waals surface area contributed by atoms with Crippen molar-refractivity contribution >= 4 is 5.82 Å². The fourth-order valence-electron chi connectivity index (χ4n) is 3.14. The number of aromatic nitrogens is 3. The van der Waals surface area contributed by atoms with E-state index in [0.29, 0.717) is 0 Å². The second-order valence-electron chi connectivity index (χ2n) is 6.37. The van der Waals surface area contributed by atoms with E-state index in [1.165, 1.54) is 12.1 Å². The van der Waals surface area contributed by atoms with E-state index in [0.717, 1.165) is 60.8 Å². The normalized spacial score (nSPS) is 11.1. The lowest BCUT2D eigenvalue weighted by Crippen LogP contribution is -2.25. The first-order valence-electron chi connectivity index (χ1n) is 9.43. The van der Waals surface area contributed by atoms with Crippen LogP contribution in [-0.4, -0.2) is 46.3 Å². The van der Waals surface area contributed by atoms with Crippen LogP contribution in [0, 0.1) is 5.82 Å². The molecular weight excluding hydrogens is 341 g/mol. The minimum Gasteiger partial charge on any atom is -0.368 e. The lowest BCUT2D eigenvalue weighted by molar-refractivity contribution is 0.303. The van der Waals surface area contributed by atoms with Crippen molar-refractivity contribution < 1.29 is 4.39 Å².